The summed E-state index contributed by atoms with van der Waals surface area (Å²) in [5, 5.41) is 6.49. The van der Waals surface area contributed by atoms with Gasteiger partial charge >= 0.3 is 0 Å². The molecule has 0 bridgehead atoms. The molecule has 1 atom stereocenters. The van der Waals surface area contributed by atoms with Crippen molar-refractivity contribution in [2.24, 2.45) is 11.8 Å². The topological polar surface area (TPSA) is 44.4 Å². The summed E-state index contributed by atoms with van der Waals surface area (Å²) in [5.41, 5.74) is 0. The fourth-order valence-electron chi connectivity index (χ4n) is 2.59. The van der Waals surface area contributed by atoms with E-state index in [1.54, 1.807) is 0 Å². The maximum Gasteiger partial charge on any atom is 0.234 e. The van der Waals surface area contributed by atoms with Gasteiger partial charge in [0, 0.05) is 13.1 Å². The summed E-state index contributed by atoms with van der Waals surface area (Å²) in [5.74, 6) is 1.69. The zero-order valence-corrected chi connectivity index (χ0v) is 11.6. The van der Waals surface area contributed by atoms with Crippen molar-refractivity contribution >= 4 is 5.91 Å². The number of hydrogen-bond donors (Lipinski definition) is 2. The van der Waals surface area contributed by atoms with E-state index in [1.165, 1.54) is 25.7 Å². The van der Waals surface area contributed by atoms with E-state index in [0.717, 1.165) is 44.6 Å². The van der Waals surface area contributed by atoms with Crippen LogP contribution in [-0.2, 0) is 4.79 Å². The van der Waals surface area contributed by atoms with E-state index in [4.69, 9.17) is 0 Å². The molecule has 0 radical (unpaired) electrons. The van der Waals surface area contributed by atoms with Crippen LogP contribution in [0.1, 0.15) is 32.6 Å². The molecular formula is C14H27N3O. The van der Waals surface area contributed by atoms with Gasteiger partial charge in [-0.2, -0.15) is 0 Å². The molecule has 1 aliphatic heterocycles. The molecule has 0 aromatic heterocycles. The highest BCUT2D eigenvalue weighted by Gasteiger charge is 2.22. The van der Waals surface area contributed by atoms with Crippen LogP contribution < -0.4 is 10.6 Å². The van der Waals surface area contributed by atoms with Gasteiger partial charge < -0.3 is 10.6 Å². The Morgan fingerprint density at radius 2 is 2.17 bits per heavy atom. The molecule has 18 heavy (non-hydrogen) atoms. The highest BCUT2D eigenvalue weighted by Crippen LogP contribution is 2.27. The number of likely N-dealkylation sites (N-methyl/N-ethyl adjacent to an activating group) is 1. The van der Waals surface area contributed by atoms with Crippen LogP contribution in [0.3, 0.4) is 0 Å². The van der Waals surface area contributed by atoms with Gasteiger partial charge in [-0.25, -0.2) is 0 Å². The van der Waals surface area contributed by atoms with Crippen molar-refractivity contribution in [1.82, 2.24) is 15.5 Å². The molecule has 0 spiro atoms. The number of carbonyl (C=O) groups excluding carboxylic acids is 1. The largest absolute Gasteiger partial charge is 0.355 e. The zero-order valence-electron chi connectivity index (χ0n) is 11.6. The summed E-state index contributed by atoms with van der Waals surface area (Å²) in [6.45, 7) is 7.89. The Bertz CT molecular complexity index is 260. The maximum absolute atomic E-state index is 11.8. The Hall–Kier alpha value is -0.610. The van der Waals surface area contributed by atoms with Crippen molar-refractivity contribution < 1.29 is 4.79 Å². The molecule has 4 nitrogen and oxygen atoms in total. The Balaban J connectivity index is 1.64. The van der Waals surface area contributed by atoms with Crippen molar-refractivity contribution in [1.29, 1.82) is 0 Å². The van der Waals surface area contributed by atoms with Gasteiger partial charge in [-0.05, 0) is 57.2 Å². The van der Waals surface area contributed by atoms with Gasteiger partial charge in [-0.3, -0.25) is 9.69 Å². The lowest BCUT2D eigenvalue weighted by Crippen LogP contribution is -2.43. The summed E-state index contributed by atoms with van der Waals surface area (Å²) in [7, 11) is 0. The van der Waals surface area contributed by atoms with Crippen molar-refractivity contribution in [2.75, 3.05) is 39.3 Å². The van der Waals surface area contributed by atoms with Gasteiger partial charge in [-0.1, -0.05) is 6.92 Å². The van der Waals surface area contributed by atoms with Crippen LogP contribution in [0.25, 0.3) is 0 Å². The maximum atomic E-state index is 11.8. The molecule has 0 aromatic carbocycles. The molecule has 1 heterocycles. The molecule has 2 fully saturated rings. The Kier molecular flexibility index (Phi) is 5.45. The summed E-state index contributed by atoms with van der Waals surface area (Å²) in [6.07, 6.45) is 5.17. The second-order valence-corrected chi connectivity index (χ2v) is 5.79. The van der Waals surface area contributed by atoms with Gasteiger partial charge in [0.15, 0.2) is 0 Å². The predicted molar refractivity (Wildman–Crippen MR) is 73.4 cm³/mol. The van der Waals surface area contributed by atoms with Crippen LogP contribution in [0, 0.1) is 11.8 Å². The monoisotopic (exact) mass is 253 g/mol. The van der Waals surface area contributed by atoms with Crippen LogP contribution in [0.15, 0.2) is 0 Å². The summed E-state index contributed by atoms with van der Waals surface area (Å²) >= 11 is 0. The molecule has 1 aliphatic carbocycles. The average Bonchev–Trinajstić information content (AvgIpc) is 3.21. The number of rotatable bonds is 7. The van der Waals surface area contributed by atoms with Crippen LogP contribution in [0.5, 0.6) is 0 Å². The van der Waals surface area contributed by atoms with E-state index in [1.807, 2.05) is 0 Å². The van der Waals surface area contributed by atoms with Crippen molar-refractivity contribution in [2.45, 2.75) is 32.6 Å². The minimum absolute atomic E-state index is 0.201. The normalized spacial score (nSPS) is 24.2. The molecule has 1 saturated carbocycles. The quantitative estimate of drug-likeness (QED) is 0.706. The Labute approximate surface area is 110 Å². The smallest absolute Gasteiger partial charge is 0.234 e. The fourth-order valence-corrected chi connectivity index (χ4v) is 2.59. The summed E-state index contributed by atoms with van der Waals surface area (Å²) in [6, 6.07) is 0. The third kappa shape index (κ3) is 4.94. The van der Waals surface area contributed by atoms with E-state index < -0.39 is 0 Å². The Morgan fingerprint density at radius 3 is 2.78 bits per heavy atom. The molecule has 2 rings (SSSR count). The second-order valence-electron chi connectivity index (χ2n) is 5.79. The van der Waals surface area contributed by atoms with E-state index in [0.29, 0.717) is 6.54 Å². The first-order valence-electron chi connectivity index (χ1n) is 7.47. The molecule has 2 N–H and O–H groups in total. The third-order valence-electron chi connectivity index (χ3n) is 4.01. The van der Waals surface area contributed by atoms with E-state index >= 15 is 0 Å². The van der Waals surface area contributed by atoms with Gasteiger partial charge in [0.25, 0.3) is 0 Å². The molecule has 1 amide bonds. The highest BCUT2D eigenvalue weighted by molar-refractivity contribution is 5.78. The van der Waals surface area contributed by atoms with Crippen molar-refractivity contribution in [3.8, 4) is 0 Å². The molecule has 1 unspecified atom stereocenters. The molecule has 4 heteroatoms. The van der Waals surface area contributed by atoms with Crippen molar-refractivity contribution in [3.05, 3.63) is 0 Å². The van der Waals surface area contributed by atoms with Crippen LogP contribution in [-0.4, -0.2) is 50.1 Å². The molecule has 2 aliphatic rings. The number of carbonyl (C=O) groups is 1. The van der Waals surface area contributed by atoms with Gasteiger partial charge in [0.05, 0.1) is 6.54 Å². The van der Waals surface area contributed by atoms with Gasteiger partial charge in [-0.15, -0.1) is 0 Å². The number of nitrogens with one attached hydrogen (secondary N) is 2. The minimum Gasteiger partial charge on any atom is -0.355 e. The lowest BCUT2D eigenvalue weighted by molar-refractivity contribution is -0.122. The SMILES string of the molecule is CCN(CC(=O)NCC1CC1)CC1CCCNC1. The molecule has 1 saturated heterocycles. The predicted octanol–water partition coefficient (Wildman–Crippen LogP) is 0.834. The average molecular weight is 253 g/mol. The van der Waals surface area contributed by atoms with Crippen LogP contribution in [0.4, 0.5) is 0 Å². The fraction of sp³-hybridized carbons (Fsp3) is 0.929. The van der Waals surface area contributed by atoms with Crippen molar-refractivity contribution in [3.63, 3.8) is 0 Å². The standard InChI is InChI=1S/C14H27N3O/c1-2-17(10-13-4-3-7-15-8-13)11-14(18)16-9-12-5-6-12/h12-13,15H,2-11H2,1H3,(H,16,18). The summed E-state index contributed by atoms with van der Waals surface area (Å²) < 4.78 is 0. The first-order chi connectivity index (χ1) is 8.78. The second kappa shape index (κ2) is 7.10. The number of amides is 1. The molecule has 0 aromatic rings. The lowest BCUT2D eigenvalue weighted by atomic mass is 9.99. The zero-order chi connectivity index (χ0) is 12.8. The summed E-state index contributed by atoms with van der Waals surface area (Å²) in [4.78, 5) is 14.1. The van der Waals surface area contributed by atoms with Crippen LogP contribution >= 0.6 is 0 Å². The van der Waals surface area contributed by atoms with Gasteiger partial charge in [0.2, 0.25) is 5.91 Å². The number of hydrogen-bond acceptors (Lipinski definition) is 3. The first kappa shape index (κ1) is 13.8. The molecular weight excluding hydrogens is 226 g/mol. The van der Waals surface area contributed by atoms with Crippen LogP contribution in [0.2, 0.25) is 0 Å². The number of piperidine rings is 1. The van der Waals surface area contributed by atoms with E-state index in [9.17, 15) is 4.79 Å². The lowest BCUT2D eigenvalue weighted by Gasteiger charge is -2.29. The molecule has 104 valence electrons. The van der Waals surface area contributed by atoms with E-state index in [2.05, 4.69) is 22.5 Å². The van der Waals surface area contributed by atoms with E-state index in [-0.39, 0.29) is 5.91 Å². The first-order valence-corrected chi connectivity index (χ1v) is 7.47. The Morgan fingerprint density at radius 1 is 1.33 bits per heavy atom. The van der Waals surface area contributed by atoms with Gasteiger partial charge in [0.1, 0.15) is 0 Å². The minimum atomic E-state index is 0.201. The number of nitrogens with zero attached hydrogens (tertiary/aromatic N) is 1. The third-order valence-corrected chi connectivity index (χ3v) is 4.01. The highest BCUT2D eigenvalue weighted by atomic mass is 16.2.